The molecule has 2 atom stereocenters. The van der Waals surface area contributed by atoms with Gasteiger partial charge in [0, 0.05) is 12.5 Å². The van der Waals surface area contributed by atoms with Crippen LogP contribution >= 0.6 is 0 Å². The minimum Gasteiger partial charge on any atom is -0.319 e. The summed E-state index contributed by atoms with van der Waals surface area (Å²) in [5.41, 5.74) is 2.48. The fourth-order valence-corrected chi connectivity index (χ4v) is 4.61. The Kier molecular flexibility index (Phi) is 4.07. The summed E-state index contributed by atoms with van der Waals surface area (Å²) >= 11 is 0. The number of rotatable bonds is 4. The van der Waals surface area contributed by atoms with Crippen molar-refractivity contribution >= 4 is 9.84 Å². The normalized spacial score (nSPS) is 24.0. The first-order valence-corrected chi connectivity index (χ1v) is 8.25. The fourth-order valence-electron chi connectivity index (χ4n) is 2.73. The van der Waals surface area contributed by atoms with Crippen LogP contribution in [0, 0.1) is 12.8 Å². The molecule has 18 heavy (non-hydrogen) atoms. The highest BCUT2D eigenvalue weighted by Crippen LogP contribution is 2.33. The van der Waals surface area contributed by atoms with Crippen LogP contribution in [-0.2, 0) is 9.84 Å². The third-order valence-electron chi connectivity index (χ3n) is 3.77. The number of hydrogen-bond donors (Lipinski definition) is 1. The van der Waals surface area contributed by atoms with Gasteiger partial charge in [0.15, 0.2) is 9.84 Å². The van der Waals surface area contributed by atoms with Crippen molar-refractivity contribution in [1.82, 2.24) is 5.32 Å². The van der Waals surface area contributed by atoms with Crippen molar-refractivity contribution in [2.24, 2.45) is 5.92 Å². The summed E-state index contributed by atoms with van der Waals surface area (Å²) in [6.07, 6.45) is 0.794. The van der Waals surface area contributed by atoms with Gasteiger partial charge in [-0.2, -0.15) is 0 Å². The maximum atomic E-state index is 11.6. The first-order valence-electron chi connectivity index (χ1n) is 6.43. The van der Waals surface area contributed by atoms with Gasteiger partial charge in [0.25, 0.3) is 0 Å². The molecule has 2 rings (SSSR count). The molecule has 0 aliphatic carbocycles. The number of benzene rings is 1. The summed E-state index contributed by atoms with van der Waals surface area (Å²) in [6, 6.07) is 8.45. The lowest BCUT2D eigenvalue weighted by atomic mass is 9.85. The summed E-state index contributed by atoms with van der Waals surface area (Å²) in [5.74, 6) is 1.25. The van der Waals surface area contributed by atoms with Gasteiger partial charge in [-0.25, -0.2) is 8.42 Å². The van der Waals surface area contributed by atoms with Crippen LogP contribution in [0.2, 0.25) is 0 Å². The van der Waals surface area contributed by atoms with Gasteiger partial charge in [0.2, 0.25) is 0 Å². The predicted octanol–water partition coefficient (Wildman–Crippen LogP) is 1.73. The molecular weight excluding hydrogens is 246 g/mol. The van der Waals surface area contributed by atoms with Gasteiger partial charge in [0.1, 0.15) is 0 Å². The standard InChI is InChI=1S/C14H21NO2S/c1-11-3-5-12(6-4-11)14(9-15-2)13-7-8-18(16,17)10-13/h3-6,13-15H,7-10H2,1-2H3. The van der Waals surface area contributed by atoms with Crippen molar-refractivity contribution in [2.45, 2.75) is 19.3 Å². The molecule has 0 amide bonds. The second-order valence-electron chi connectivity index (χ2n) is 5.24. The van der Waals surface area contributed by atoms with Gasteiger partial charge >= 0.3 is 0 Å². The summed E-state index contributed by atoms with van der Waals surface area (Å²) in [6.45, 7) is 2.90. The smallest absolute Gasteiger partial charge is 0.150 e. The number of likely N-dealkylation sites (N-methyl/N-ethyl adjacent to an activating group) is 1. The molecule has 0 spiro atoms. The van der Waals surface area contributed by atoms with E-state index in [0.717, 1.165) is 13.0 Å². The van der Waals surface area contributed by atoms with Crippen LogP contribution in [0.15, 0.2) is 24.3 Å². The minimum atomic E-state index is -2.80. The van der Waals surface area contributed by atoms with Crippen LogP contribution < -0.4 is 5.32 Å². The SMILES string of the molecule is CNCC(c1ccc(C)cc1)C1CCS(=O)(=O)C1. The van der Waals surface area contributed by atoms with Crippen LogP contribution in [0.25, 0.3) is 0 Å². The first kappa shape index (κ1) is 13.6. The Hall–Kier alpha value is -0.870. The Balaban J connectivity index is 2.21. The molecular formula is C14H21NO2S. The second kappa shape index (κ2) is 5.41. The number of nitrogens with one attached hydrogen (secondary N) is 1. The molecule has 1 aromatic rings. The van der Waals surface area contributed by atoms with Crippen molar-refractivity contribution in [3.05, 3.63) is 35.4 Å². The quantitative estimate of drug-likeness (QED) is 0.904. The van der Waals surface area contributed by atoms with E-state index in [1.165, 1.54) is 11.1 Å². The van der Waals surface area contributed by atoms with Gasteiger partial charge in [-0.05, 0) is 31.9 Å². The van der Waals surface area contributed by atoms with Gasteiger partial charge in [0.05, 0.1) is 11.5 Å². The molecule has 1 saturated heterocycles. The molecule has 0 aromatic heterocycles. The lowest BCUT2D eigenvalue weighted by Gasteiger charge is -2.23. The molecule has 1 aromatic carbocycles. The largest absolute Gasteiger partial charge is 0.319 e. The Labute approximate surface area is 110 Å². The van der Waals surface area contributed by atoms with Crippen molar-refractivity contribution < 1.29 is 8.42 Å². The maximum absolute atomic E-state index is 11.6. The van der Waals surface area contributed by atoms with E-state index in [4.69, 9.17) is 0 Å². The van der Waals surface area contributed by atoms with Crippen LogP contribution in [0.1, 0.15) is 23.5 Å². The van der Waals surface area contributed by atoms with E-state index in [2.05, 4.69) is 36.5 Å². The van der Waals surface area contributed by atoms with E-state index in [-0.39, 0.29) is 5.92 Å². The van der Waals surface area contributed by atoms with E-state index in [0.29, 0.717) is 17.4 Å². The fraction of sp³-hybridized carbons (Fsp3) is 0.571. The maximum Gasteiger partial charge on any atom is 0.150 e. The number of hydrogen-bond acceptors (Lipinski definition) is 3. The summed E-state index contributed by atoms with van der Waals surface area (Å²) < 4.78 is 23.2. The van der Waals surface area contributed by atoms with E-state index >= 15 is 0 Å². The predicted molar refractivity (Wildman–Crippen MR) is 74.6 cm³/mol. The molecule has 3 nitrogen and oxygen atoms in total. The van der Waals surface area contributed by atoms with Gasteiger partial charge in [-0.3, -0.25) is 0 Å². The number of sulfone groups is 1. The van der Waals surface area contributed by atoms with Crippen LogP contribution in [0.4, 0.5) is 0 Å². The summed E-state index contributed by atoms with van der Waals surface area (Å²) in [4.78, 5) is 0. The van der Waals surface area contributed by atoms with E-state index in [1.807, 2.05) is 7.05 Å². The Morgan fingerprint density at radius 1 is 1.33 bits per heavy atom. The molecule has 2 unspecified atom stereocenters. The van der Waals surface area contributed by atoms with Crippen LogP contribution in [-0.4, -0.2) is 33.5 Å². The zero-order valence-corrected chi connectivity index (χ0v) is 11.8. The lowest BCUT2D eigenvalue weighted by Crippen LogP contribution is -2.25. The highest BCUT2D eigenvalue weighted by atomic mass is 32.2. The molecule has 0 saturated carbocycles. The Morgan fingerprint density at radius 2 is 2.00 bits per heavy atom. The van der Waals surface area contributed by atoms with Crippen LogP contribution in [0.3, 0.4) is 0 Å². The average molecular weight is 267 g/mol. The zero-order valence-electron chi connectivity index (χ0n) is 11.0. The Morgan fingerprint density at radius 3 is 2.50 bits per heavy atom. The summed E-state index contributed by atoms with van der Waals surface area (Å²) in [7, 11) is -0.881. The van der Waals surface area contributed by atoms with E-state index in [1.54, 1.807) is 0 Å². The van der Waals surface area contributed by atoms with Gasteiger partial charge < -0.3 is 5.32 Å². The molecule has 100 valence electrons. The molecule has 1 aliphatic rings. The van der Waals surface area contributed by atoms with Crippen LogP contribution in [0.5, 0.6) is 0 Å². The molecule has 0 radical (unpaired) electrons. The average Bonchev–Trinajstić information content (AvgIpc) is 2.68. The highest BCUT2D eigenvalue weighted by Gasteiger charge is 2.33. The molecule has 4 heteroatoms. The van der Waals surface area contributed by atoms with Crippen molar-refractivity contribution in [3.8, 4) is 0 Å². The lowest BCUT2D eigenvalue weighted by molar-refractivity contribution is 0.451. The van der Waals surface area contributed by atoms with Gasteiger partial charge in [-0.1, -0.05) is 29.8 Å². The first-order chi connectivity index (χ1) is 8.52. The number of aryl methyl sites for hydroxylation is 1. The topological polar surface area (TPSA) is 46.2 Å². The zero-order chi connectivity index (χ0) is 13.2. The third kappa shape index (κ3) is 3.12. The van der Waals surface area contributed by atoms with E-state index < -0.39 is 9.84 Å². The molecule has 0 bridgehead atoms. The minimum absolute atomic E-state index is 0.255. The molecule has 1 aliphatic heterocycles. The van der Waals surface area contributed by atoms with E-state index in [9.17, 15) is 8.42 Å². The second-order valence-corrected chi connectivity index (χ2v) is 7.47. The monoisotopic (exact) mass is 267 g/mol. The van der Waals surface area contributed by atoms with Crippen molar-refractivity contribution in [1.29, 1.82) is 0 Å². The van der Waals surface area contributed by atoms with Crippen molar-refractivity contribution in [2.75, 3.05) is 25.1 Å². The third-order valence-corrected chi connectivity index (χ3v) is 5.56. The molecule has 1 N–H and O–H groups in total. The molecule has 1 fully saturated rings. The highest BCUT2D eigenvalue weighted by molar-refractivity contribution is 7.91. The van der Waals surface area contributed by atoms with Gasteiger partial charge in [-0.15, -0.1) is 0 Å². The Bertz CT molecular complexity index is 493. The van der Waals surface area contributed by atoms with Crippen molar-refractivity contribution in [3.63, 3.8) is 0 Å². The molecule has 1 heterocycles. The summed E-state index contributed by atoms with van der Waals surface area (Å²) in [5, 5.41) is 3.19.